The number of hydrogen-bond acceptors (Lipinski definition) is 5. The average molecular weight is 264 g/mol. The van der Waals surface area contributed by atoms with Gasteiger partial charge < -0.3 is 15.0 Å². The van der Waals surface area contributed by atoms with E-state index in [1.165, 1.54) is 4.68 Å². The van der Waals surface area contributed by atoms with Crippen LogP contribution in [0.5, 0.6) is 0 Å². The second kappa shape index (κ2) is 8.29. The Kier molecular flexibility index (Phi) is 6.64. The van der Waals surface area contributed by atoms with Crippen molar-refractivity contribution in [2.75, 3.05) is 45.3 Å². The first-order valence-corrected chi connectivity index (χ1v) is 6.10. The minimum atomic E-state index is -0.121. The standard InChI is InChI=1S/C13H20N4O2/c1-4-5-14-6-7-17-13(18)10-12(11-15-17)16(2)8-9-19-3/h1,10-11,14H,5-9H2,2-3H3. The molecule has 0 aliphatic carbocycles. The maximum absolute atomic E-state index is 11.9. The van der Waals surface area contributed by atoms with Crippen LogP contribution < -0.4 is 15.8 Å². The third kappa shape index (κ3) is 5.12. The number of ether oxygens (including phenoxy) is 1. The molecular formula is C13H20N4O2. The minimum absolute atomic E-state index is 0.121. The fourth-order valence-electron chi connectivity index (χ4n) is 1.50. The number of methoxy groups -OCH3 is 1. The van der Waals surface area contributed by atoms with Gasteiger partial charge in [-0.15, -0.1) is 6.42 Å². The van der Waals surface area contributed by atoms with Crippen LogP contribution in [0.4, 0.5) is 5.69 Å². The van der Waals surface area contributed by atoms with Gasteiger partial charge in [0.15, 0.2) is 0 Å². The molecule has 0 saturated carbocycles. The monoisotopic (exact) mass is 264 g/mol. The molecule has 6 heteroatoms. The SMILES string of the molecule is C#CCNCCn1ncc(N(C)CCOC)cc1=O. The molecule has 0 amide bonds. The maximum Gasteiger partial charge on any atom is 0.268 e. The highest BCUT2D eigenvalue weighted by Gasteiger charge is 2.04. The van der Waals surface area contributed by atoms with Crippen LogP contribution in [0, 0.1) is 12.3 Å². The van der Waals surface area contributed by atoms with Gasteiger partial charge >= 0.3 is 0 Å². The van der Waals surface area contributed by atoms with Gasteiger partial charge in [-0.1, -0.05) is 5.92 Å². The van der Waals surface area contributed by atoms with Crippen molar-refractivity contribution < 1.29 is 4.74 Å². The predicted molar refractivity (Wildman–Crippen MR) is 75.3 cm³/mol. The summed E-state index contributed by atoms with van der Waals surface area (Å²) in [6, 6.07) is 1.57. The van der Waals surface area contributed by atoms with Crippen molar-refractivity contribution in [3.8, 4) is 12.3 Å². The van der Waals surface area contributed by atoms with Gasteiger partial charge in [-0.3, -0.25) is 4.79 Å². The van der Waals surface area contributed by atoms with E-state index >= 15 is 0 Å². The van der Waals surface area contributed by atoms with Crippen molar-refractivity contribution in [2.24, 2.45) is 0 Å². The Balaban J connectivity index is 2.59. The summed E-state index contributed by atoms with van der Waals surface area (Å²) in [5.74, 6) is 2.47. The summed E-state index contributed by atoms with van der Waals surface area (Å²) < 4.78 is 6.41. The summed E-state index contributed by atoms with van der Waals surface area (Å²) in [7, 11) is 3.54. The fourth-order valence-corrected chi connectivity index (χ4v) is 1.50. The van der Waals surface area contributed by atoms with Crippen molar-refractivity contribution >= 4 is 5.69 Å². The normalized spacial score (nSPS) is 10.2. The zero-order chi connectivity index (χ0) is 14.1. The second-order valence-electron chi connectivity index (χ2n) is 4.07. The highest BCUT2D eigenvalue weighted by Crippen LogP contribution is 2.05. The quantitative estimate of drug-likeness (QED) is 0.509. The molecule has 19 heavy (non-hydrogen) atoms. The maximum atomic E-state index is 11.9. The molecule has 1 aromatic rings. The van der Waals surface area contributed by atoms with Gasteiger partial charge in [0.2, 0.25) is 0 Å². The first-order chi connectivity index (χ1) is 9.19. The first kappa shape index (κ1) is 15.2. The summed E-state index contributed by atoms with van der Waals surface area (Å²) in [6.07, 6.45) is 6.80. The number of rotatable bonds is 8. The van der Waals surface area contributed by atoms with Crippen LogP contribution in [0.1, 0.15) is 0 Å². The van der Waals surface area contributed by atoms with Gasteiger partial charge in [-0.25, -0.2) is 4.68 Å². The summed E-state index contributed by atoms with van der Waals surface area (Å²) in [5.41, 5.74) is 0.666. The van der Waals surface area contributed by atoms with E-state index in [0.29, 0.717) is 32.8 Å². The molecule has 0 aliphatic heterocycles. The minimum Gasteiger partial charge on any atom is -0.383 e. The van der Waals surface area contributed by atoms with Crippen molar-refractivity contribution in [3.63, 3.8) is 0 Å². The summed E-state index contributed by atoms with van der Waals surface area (Å²) >= 11 is 0. The van der Waals surface area contributed by atoms with Gasteiger partial charge in [0, 0.05) is 33.3 Å². The number of terminal acetylenes is 1. The van der Waals surface area contributed by atoms with E-state index in [-0.39, 0.29) is 5.56 Å². The van der Waals surface area contributed by atoms with Crippen LogP contribution in [-0.4, -0.2) is 50.2 Å². The first-order valence-electron chi connectivity index (χ1n) is 6.10. The zero-order valence-electron chi connectivity index (χ0n) is 11.4. The van der Waals surface area contributed by atoms with Gasteiger partial charge in [-0.05, 0) is 0 Å². The van der Waals surface area contributed by atoms with Crippen LogP contribution >= 0.6 is 0 Å². The van der Waals surface area contributed by atoms with E-state index in [2.05, 4.69) is 16.3 Å². The Labute approximate surface area is 113 Å². The van der Waals surface area contributed by atoms with E-state index < -0.39 is 0 Å². The molecular weight excluding hydrogens is 244 g/mol. The second-order valence-corrected chi connectivity index (χ2v) is 4.07. The zero-order valence-corrected chi connectivity index (χ0v) is 11.4. The lowest BCUT2D eigenvalue weighted by Crippen LogP contribution is -2.30. The molecule has 0 unspecified atom stereocenters. The number of nitrogens with zero attached hydrogens (tertiary/aromatic N) is 3. The largest absolute Gasteiger partial charge is 0.383 e. The number of anilines is 1. The molecule has 6 nitrogen and oxygen atoms in total. The van der Waals surface area contributed by atoms with E-state index in [9.17, 15) is 4.79 Å². The number of nitrogens with one attached hydrogen (secondary N) is 1. The topological polar surface area (TPSA) is 59.4 Å². The smallest absolute Gasteiger partial charge is 0.268 e. The Hall–Kier alpha value is -1.84. The number of hydrogen-bond donors (Lipinski definition) is 1. The van der Waals surface area contributed by atoms with Crippen molar-refractivity contribution in [3.05, 3.63) is 22.6 Å². The third-order valence-electron chi connectivity index (χ3n) is 2.65. The highest BCUT2D eigenvalue weighted by atomic mass is 16.5. The van der Waals surface area contributed by atoms with Crippen LogP contribution in [-0.2, 0) is 11.3 Å². The van der Waals surface area contributed by atoms with E-state index in [0.717, 1.165) is 5.69 Å². The molecule has 0 fully saturated rings. The molecule has 1 rings (SSSR count). The Morgan fingerprint density at radius 3 is 3.05 bits per heavy atom. The Morgan fingerprint density at radius 1 is 1.63 bits per heavy atom. The van der Waals surface area contributed by atoms with Gasteiger partial charge in [0.25, 0.3) is 5.56 Å². The molecule has 1 heterocycles. The summed E-state index contributed by atoms with van der Waals surface area (Å²) in [4.78, 5) is 13.8. The molecule has 0 aromatic carbocycles. The molecule has 0 bridgehead atoms. The van der Waals surface area contributed by atoms with Gasteiger partial charge in [-0.2, -0.15) is 5.10 Å². The molecule has 104 valence electrons. The number of likely N-dealkylation sites (N-methyl/N-ethyl adjacent to an activating group) is 1. The molecule has 1 N–H and O–H groups in total. The summed E-state index contributed by atoms with van der Waals surface area (Å²) in [6.45, 7) is 2.94. The molecule has 0 radical (unpaired) electrons. The Bertz CT molecular complexity index is 478. The van der Waals surface area contributed by atoms with Crippen LogP contribution in [0.15, 0.2) is 17.1 Å². The van der Waals surface area contributed by atoms with Crippen LogP contribution in [0.3, 0.4) is 0 Å². The van der Waals surface area contributed by atoms with E-state index in [1.54, 1.807) is 19.4 Å². The van der Waals surface area contributed by atoms with Crippen molar-refractivity contribution in [1.29, 1.82) is 0 Å². The molecule has 1 aromatic heterocycles. The lowest BCUT2D eigenvalue weighted by atomic mass is 10.4. The predicted octanol–water partition coefficient (Wildman–Crippen LogP) is -0.451. The van der Waals surface area contributed by atoms with Crippen molar-refractivity contribution in [2.45, 2.75) is 6.54 Å². The lowest BCUT2D eigenvalue weighted by Gasteiger charge is -2.18. The molecule has 0 atom stereocenters. The number of aromatic nitrogens is 2. The fraction of sp³-hybridized carbons (Fsp3) is 0.538. The van der Waals surface area contributed by atoms with Crippen molar-refractivity contribution in [1.82, 2.24) is 15.1 Å². The Morgan fingerprint density at radius 2 is 2.42 bits per heavy atom. The van der Waals surface area contributed by atoms with Gasteiger partial charge in [0.05, 0.1) is 31.6 Å². The van der Waals surface area contributed by atoms with Gasteiger partial charge in [0.1, 0.15) is 0 Å². The summed E-state index contributed by atoms with van der Waals surface area (Å²) in [5, 5.41) is 7.15. The van der Waals surface area contributed by atoms with E-state index in [1.807, 2.05) is 11.9 Å². The van der Waals surface area contributed by atoms with Crippen LogP contribution in [0.2, 0.25) is 0 Å². The lowest BCUT2D eigenvalue weighted by molar-refractivity contribution is 0.206. The highest BCUT2D eigenvalue weighted by molar-refractivity contribution is 5.41. The third-order valence-corrected chi connectivity index (χ3v) is 2.65. The van der Waals surface area contributed by atoms with Crippen LogP contribution in [0.25, 0.3) is 0 Å². The molecule has 0 spiro atoms. The van der Waals surface area contributed by atoms with E-state index in [4.69, 9.17) is 11.2 Å². The average Bonchev–Trinajstić information content (AvgIpc) is 2.42. The molecule has 0 saturated heterocycles. The molecule has 0 aliphatic rings.